The molecule has 0 bridgehead atoms. The molecule has 1 atom stereocenters. The maximum Gasteiger partial charge on any atom is 0.328 e. The Morgan fingerprint density at radius 3 is 2.64 bits per heavy atom. The van der Waals surface area contributed by atoms with Crippen molar-refractivity contribution in [2.24, 2.45) is 5.92 Å². The molecule has 0 saturated heterocycles. The third-order valence-electron chi connectivity index (χ3n) is 4.46. The molecule has 1 N–H and O–H groups in total. The van der Waals surface area contributed by atoms with Gasteiger partial charge >= 0.3 is 5.97 Å². The number of fused-ring (bicyclic) bond motifs is 1. The second kappa shape index (κ2) is 10.2. The second-order valence-electron chi connectivity index (χ2n) is 7.87. The van der Waals surface area contributed by atoms with Crippen LogP contribution < -0.4 is 5.32 Å². The summed E-state index contributed by atoms with van der Waals surface area (Å²) in [6.07, 6.45) is 5.89. The van der Waals surface area contributed by atoms with Gasteiger partial charge in [-0.3, -0.25) is 9.78 Å². The molecule has 1 amide bonds. The maximum atomic E-state index is 12.3. The monoisotopic (exact) mass is 388 g/mol. The van der Waals surface area contributed by atoms with E-state index in [2.05, 4.69) is 19.9 Å². The molecule has 0 unspecified atom stereocenters. The lowest BCUT2D eigenvalue weighted by molar-refractivity contribution is -0.152. The Morgan fingerprint density at radius 1 is 1.21 bits per heavy atom. The van der Waals surface area contributed by atoms with Gasteiger partial charge in [-0.25, -0.2) is 9.78 Å². The highest BCUT2D eigenvalue weighted by Crippen LogP contribution is 2.15. The van der Waals surface area contributed by atoms with Crippen LogP contribution >= 0.6 is 0 Å². The minimum absolute atomic E-state index is 0.109. The van der Waals surface area contributed by atoms with Crippen molar-refractivity contribution in [3.8, 4) is 0 Å². The summed E-state index contributed by atoms with van der Waals surface area (Å²) in [5.41, 5.74) is 1.95. The number of aryl methyl sites for hydroxylation is 2. The van der Waals surface area contributed by atoms with Gasteiger partial charge in [0.25, 0.3) is 0 Å². The fourth-order valence-electron chi connectivity index (χ4n) is 3.21. The summed E-state index contributed by atoms with van der Waals surface area (Å²) in [5.74, 6) is 0.770. The first kappa shape index (κ1) is 21.9. The van der Waals surface area contributed by atoms with Crippen LogP contribution in [0.25, 0.3) is 11.0 Å². The van der Waals surface area contributed by atoms with Gasteiger partial charge in [0.05, 0.1) is 17.8 Å². The van der Waals surface area contributed by atoms with Crippen molar-refractivity contribution in [2.45, 2.75) is 79.0 Å². The quantitative estimate of drug-likeness (QED) is 0.498. The zero-order valence-electron chi connectivity index (χ0n) is 17.6. The number of carbonyl (C=O) groups excluding carboxylic acids is 2. The highest BCUT2D eigenvalue weighted by Gasteiger charge is 2.24. The highest BCUT2D eigenvalue weighted by molar-refractivity contribution is 5.84. The van der Waals surface area contributed by atoms with Crippen LogP contribution in [0.3, 0.4) is 0 Å². The minimum atomic E-state index is -0.581. The number of ether oxygens (including phenoxy) is 1. The van der Waals surface area contributed by atoms with Crippen molar-refractivity contribution in [1.29, 1.82) is 0 Å². The number of esters is 1. The van der Waals surface area contributed by atoms with E-state index in [0.717, 1.165) is 36.2 Å². The van der Waals surface area contributed by atoms with Crippen LogP contribution in [0, 0.1) is 12.8 Å². The summed E-state index contributed by atoms with van der Waals surface area (Å²) in [6, 6.07) is 1.38. The number of unbranched alkanes of at least 4 members (excludes halogenated alkanes) is 1. The molecule has 154 valence electrons. The number of pyridine rings is 1. The Bertz CT molecular complexity index is 798. The van der Waals surface area contributed by atoms with Crippen LogP contribution in [0.5, 0.6) is 0 Å². The van der Waals surface area contributed by atoms with Gasteiger partial charge in [-0.05, 0) is 52.0 Å². The third kappa shape index (κ3) is 6.32. The number of nitrogens with zero attached hydrogens (tertiary/aromatic N) is 3. The van der Waals surface area contributed by atoms with Crippen molar-refractivity contribution in [3.63, 3.8) is 0 Å². The van der Waals surface area contributed by atoms with Gasteiger partial charge in [-0.15, -0.1) is 0 Å². The van der Waals surface area contributed by atoms with Crippen molar-refractivity contribution in [1.82, 2.24) is 19.9 Å². The summed E-state index contributed by atoms with van der Waals surface area (Å²) >= 11 is 0. The number of aromatic nitrogens is 3. The number of nitrogens with one attached hydrogen (secondary N) is 1. The van der Waals surface area contributed by atoms with Crippen LogP contribution in [0.1, 0.15) is 59.2 Å². The van der Waals surface area contributed by atoms with Crippen LogP contribution in [0.4, 0.5) is 0 Å². The molecule has 7 heteroatoms. The summed E-state index contributed by atoms with van der Waals surface area (Å²) in [4.78, 5) is 33.1. The molecule has 7 nitrogen and oxygen atoms in total. The van der Waals surface area contributed by atoms with Crippen LogP contribution in [-0.4, -0.2) is 38.6 Å². The Kier molecular flexibility index (Phi) is 7.96. The topological polar surface area (TPSA) is 86.1 Å². The van der Waals surface area contributed by atoms with E-state index in [9.17, 15) is 9.59 Å². The van der Waals surface area contributed by atoms with E-state index in [1.165, 1.54) is 0 Å². The first-order valence-corrected chi connectivity index (χ1v) is 10.0. The van der Waals surface area contributed by atoms with Crippen LogP contribution in [0.2, 0.25) is 0 Å². The van der Waals surface area contributed by atoms with Crippen molar-refractivity contribution < 1.29 is 14.3 Å². The molecule has 2 rings (SSSR count). The molecule has 2 aromatic heterocycles. The number of hydrogen-bond donors (Lipinski definition) is 1. The molecule has 0 fully saturated rings. The van der Waals surface area contributed by atoms with E-state index in [1.807, 2.05) is 40.7 Å². The molecule has 0 saturated carbocycles. The van der Waals surface area contributed by atoms with E-state index in [-0.39, 0.29) is 23.9 Å². The minimum Gasteiger partial charge on any atom is -0.461 e. The van der Waals surface area contributed by atoms with Crippen LogP contribution in [-0.2, 0) is 20.9 Å². The molecule has 28 heavy (non-hydrogen) atoms. The predicted octanol–water partition coefficient (Wildman–Crippen LogP) is 3.39. The normalized spacial score (nSPS) is 12.5. The molecule has 0 spiro atoms. The molecule has 0 radical (unpaired) electrons. The average Bonchev–Trinajstić information content (AvgIpc) is 2.92. The summed E-state index contributed by atoms with van der Waals surface area (Å²) < 4.78 is 7.42. The standard InChI is InChI=1S/C21H32N4O3/c1-14(2)12-17(21(27)28-15(3)4)24-20(26)8-6-7-11-25-16(5)23-18-13-22-10-9-19(18)25/h9-10,13-15,17H,6-8,11-12H2,1-5H3,(H,24,26)/t17-/m0/s1. The number of rotatable bonds is 10. The number of amides is 1. The van der Waals surface area contributed by atoms with Gasteiger partial charge in [0.1, 0.15) is 17.4 Å². The van der Waals surface area contributed by atoms with Gasteiger partial charge in [0.2, 0.25) is 5.91 Å². The molecular formula is C21H32N4O3. The first-order valence-electron chi connectivity index (χ1n) is 10.0. The van der Waals surface area contributed by atoms with Crippen LogP contribution in [0.15, 0.2) is 18.5 Å². The van der Waals surface area contributed by atoms with Gasteiger partial charge in [0, 0.05) is 19.2 Å². The zero-order valence-corrected chi connectivity index (χ0v) is 17.6. The molecule has 0 aliphatic carbocycles. The van der Waals surface area contributed by atoms with E-state index in [0.29, 0.717) is 12.8 Å². The highest BCUT2D eigenvalue weighted by atomic mass is 16.5. The molecular weight excluding hydrogens is 356 g/mol. The number of imidazole rings is 1. The fourth-order valence-corrected chi connectivity index (χ4v) is 3.21. The molecule has 2 aromatic rings. The lowest BCUT2D eigenvalue weighted by Crippen LogP contribution is -2.43. The predicted molar refractivity (Wildman–Crippen MR) is 109 cm³/mol. The molecule has 0 aliphatic heterocycles. The lowest BCUT2D eigenvalue weighted by atomic mass is 10.0. The summed E-state index contributed by atoms with van der Waals surface area (Å²) in [7, 11) is 0. The van der Waals surface area contributed by atoms with Gasteiger partial charge in [-0.2, -0.15) is 0 Å². The van der Waals surface area contributed by atoms with Crippen molar-refractivity contribution >= 4 is 22.9 Å². The summed E-state index contributed by atoms with van der Waals surface area (Å²) in [5, 5.41) is 2.85. The number of carbonyl (C=O) groups is 2. The smallest absolute Gasteiger partial charge is 0.328 e. The Labute approximate surface area is 166 Å². The van der Waals surface area contributed by atoms with Gasteiger partial charge in [-0.1, -0.05) is 13.8 Å². The van der Waals surface area contributed by atoms with Crippen molar-refractivity contribution in [2.75, 3.05) is 0 Å². The second-order valence-corrected chi connectivity index (χ2v) is 7.87. The molecule has 2 heterocycles. The van der Waals surface area contributed by atoms with E-state index >= 15 is 0 Å². The number of hydrogen-bond acceptors (Lipinski definition) is 5. The Hall–Kier alpha value is -2.44. The van der Waals surface area contributed by atoms with Crippen molar-refractivity contribution in [3.05, 3.63) is 24.3 Å². The van der Waals surface area contributed by atoms with Gasteiger partial charge in [0.15, 0.2) is 0 Å². The first-order chi connectivity index (χ1) is 13.3. The Morgan fingerprint density at radius 2 is 1.96 bits per heavy atom. The average molecular weight is 389 g/mol. The zero-order chi connectivity index (χ0) is 20.7. The summed E-state index contributed by atoms with van der Waals surface area (Å²) in [6.45, 7) is 10.4. The largest absolute Gasteiger partial charge is 0.461 e. The van der Waals surface area contributed by atoms with E-state index in [4.69, 9.17) is 4.74 Å². The molecule has 0 aromatic carbocycles. The fraction of sp³-hybridized carbons (Fsp3) is 0.619. The SMILES string of the molecule is Cc1nc2cnccc2n1CCCCC(=O)N[C@@H](CC(C)C)C(=O)OC(C)C. The van der Waals surface area contributed by atoms with E-state index in [1.54, 1.807) is 12.4 Å². The maximum absolute atomic E-state index is 12.3. The third-order valence-corrected chi connectivity index (χ3v) is 4.46. The van der Waals surface area contributed by atoms with Gasteiger partial charge < -0.3 is 14.6 Å². The van der Waals surface area contributed by atoms with E-state index < -0.39 is 6.04 Å². The Balaban J connectivity index is 1.83. The lowest BCUT2D eigenvalue weighted by Gasteiger charge is -2.20. The molecule has 0 aliphatic rings.